The first kappa shape index (κ1) is 16.3. The van der Waals surface area contributed by atoms with E-state index in [0.29, 0.717) is 12.8 Å². The summed E-state index contributed by atoms with van der Waals surface area (Å²) >= 11 is 1.24. The van der Waals surface area contributed by atoms with Gasteiger partial charge in [-0.25, -0.2) is 17.6 Å². The van der Waals surface area contributed by atoms with Crippen molar-refractivity contribution in [2.45, 2.75) is 41.1 Å². The summed E-state index contributed by atoms with van der Waals surface area (Å²) in [7, 11) is -3.08. The van der Waals surface area contributed by atoms with Gasteiger partial charge in [0.25, 0.3) is 0 Å². The second-order valence-electron chi connectivity index (χ2n) is 5.31. The van der Waals surface area contributed by atoms with E-state index in [1.807, 2.05) is 0 Å². The maximum atomic E-state index is 13.8. The van der Waals surface area contributed by atoms with Crippen LogP contribution in [-0.2, 0) is 9.84 Å². The predicted octanol–water partition coefficient (Wildman–Crippen LogP) is 2.97. The average molecular weight is 332 g/mol. The van der Waals surface area contributed by atoms with Gasteiger partial charge in [-0.3, -0.25) is 0 Å². The zero-order chi connectivity index (χ0) is 15.6. The highest BCUT2D eigenvalue weighted by molar-refractivity contribution is 8.00. The first-order valence-electron chi connectivity index (χ1n) is 6.65. The van der Waals surface area contributed by atoms with Crippen molar-refractivity contribution in [1.82, 2.24) is 0 Å². The van der Waals surface area contributed by atoms with Gasteiger partial charge in [-0.05, 0) is 37.5 Å². The maximum Gasteiger partial charge on any atom is 0.335 e. The van der Waals surface area contributed by atoms with Crippen molar-refractivity contribution in [3.63, 3.8) is 0 Å². The Hall–Kier alpha value is -1.08. The van der Waals surface area contributed by atoms with E-state index in [1.165, 1.54) is 30.2 Å². The normalized spacial score (nSPS) is 23.0. The number of carboxylic acid groups (broad SMARTS) is 1. The zero-order valence-corrected chi connectivity index (χ0v) is 13.2. The van der Waals surface area contributed by atoms with Gasteiger partial charge in [-0.15, -0.1) is 11.8 Å². The number of halogens is 1. The van der Waals surface area contributed by atoms with Crippen molar-refractivity contribution in [2.24, 2.45) is 0 Å². The molecule has 0 saturated heterocycles. The Morgan fingerprint density at radius 2 is 2.10 bits per heavy atom. The summed E-state index contributed by atoms with van der Waals surface area (Å²) in [6.07, 6.45) is 3.97. The third-order valence-corrected chi connectivity index (χ3v) is 6.62. The van der Waals surface area contributed by atoms with Crippen LogP contribution in [0.2, 0.25) is 0 Å². The van der Waals surface area contributed by atoms with Crippen LogP contribution in [0.5, 0.6) is 0 Å². The monoisotopic (exact) mass is 332 g/mol. The molecule has 1 fully saturated rings. The van der Waals surface area contributed by atoms with Gasteiger partial charge in [0, 0.05) is 16.4 Å². The van der Waals surface area contributed by atoms with Gasteiger partial charge in [0.2, 0.25) is 0 Å². The van der Waals surface area contributed by atoms with Crippen LogP contribution in [0.1, 0.15) is 36.0 Å². The first-order chi connectivity index (χ1) is 9.77. The van der Waals surface area contributed by atoms with Gasteiger partial charge in [0.1, 0.15) is 15.7 Å². The standard InChI is InChI=1S/C14H17FO4S2/c1-21(18,19)11-4-2-3-10(8-11)20-13-7-9(14(16)17)5-6-12(13)15/h5-7,10-11H,2-4,8H2,1H3,(H,16,17). The summed E-state index contributed by atoms with van der Waals surface area (Å²) in [4.78, 5) is 11.2. The Balaban J connectivity index is 2.14. The van der Waals surface area contributed by atoms with E-state index in [4.69, 9.17) is 5.11 Å². The number of sulfone groups is 1. The molecule has 2 unspecified atom stereocenters. The van der Waals surface area contributed by atoms with Crippen LogP contribution in [-0.4, -0.2) is 36.2 Å². The molecule has 1 saturated carbocycles. The number of aromatic carboxylic acids is 1. The first-order valence-corrected chi connectivity index (χ1v) is 9.49. The molecule has 1 aromatic rings. The molecule has 1 aliphatic rings. The fraction of sp³-hybridized carbons (Fsp3) is 0.500. The van der Waals surface area contributed by atoms with Crippen molar-refractivity contribution in [3.8, 4) is 0 Å². The summed E-state index contributed by atoms with van der Waals surface area (Å²) < 4.78 is 37.1. The van der Waals surface area contributed by atoms with E-state index in [-0.39, 0.29) is 21.0 Å². The molecule has 21 heavy (non-hydrogen) atoms. The molecule has 1 aliphatic carbocycles. The van der Waals surface area contributed by atoms with Crippen LogP contribution < -0.4 is 0 Å². The Morgan fingerprint density at radius 3 is 2.71 bits per heavy atom. The molecule has 2 rings (SSSR count). The van der Waals surface area contributed by atoms with E-state index in [9.17, 15) is 17.6 Å². The highest BCUT2D eigenvalue weighted by Gasteiger charge is 2.29. The molecule has 0 aromatic heterocycles. The number of thioether (sulfide) groups is 1. The van der Waals surface area contributed by atoms with Gasteiger partial charge in [-0.2, -0.15) is 0 Å². The molecule has 4 nitrogen and oxygen atoms in total. The molecule has 116 valence electrons. The molecule has 0 spiro atoms. The van der Waals surface area contributed by atoms with Crippen LogP contribution in [0.25, 0.3) is 0 Å². The van der Waals surface area contributed by atoms with Crippen molar-refractivity contribution in [3.05, 3.63) is 29.6 Å². The zero-order valence-electron chi connectivity index (χ0n) is 11.6. The largest absolute Gasteiger partial charge is 0.478 e. The smallest absolute Gasteiger partial charge is 0.335 e. The fourth-order valence-corrected chi connectivity index (χ4v) is 5.15. The minimum atomic E-state index is -3.08. The molecule has 0 aliphatic heterocycles. The van der Waals surface area contributed by atoms with E-state index < -0.39 is 21.6 Å². The van der Waals surface area contributed by atoms with Crippen LogP contribution in [0, 0.1) is 5.82 Å². The lowest BCUT2D eigenvalue weighted by Crippen LogP contribution is -2.28. The van der Waals surface area contributed by atoms with E-state index in [2.05, 4.69) is 0 Å². The third kappa shape index (κ3) is 4.20. The van der Waals surface area contributed by atoms with E-state index >= 15 is 0 Å². The predicted molar refractivity (Wildman–Crippen MR) is 80.1 cm³/mol. The van der Waals surface area contributed by atoms with Crippen molar-refractivity contribution >= 4 is 27.6 Å². The van der Waals surface area contributed by atoms with Gasteiger partial charge < -0.3 is 5.11 Å². The van der Waals surface area contributed by atoms with Gasteiger partial charge in [0.15, 0.2) is 0 Å². The topological polar surface area (TPSA) is 71.4 Å². The Labute approximate surface area is 127 Å². The maximum absolute atomic E-state index is 13.8. The Kier molecular flexibility index (Phi) is 4.93. The molecule has 2 atom stereocenters. The Bertz CT molecular complexity index is 642. The number of rotatable bonds is 4. The SMILES string of the molecule is CS(=O)(=O)C1CCCC(Sc2cc(C(=O)O)ccc2F)C1. The molecule has 0 amide bonds. The third-order valence-electron chi connectivity index (χ3n) is 3.66. The summed E-state index contributed by atoms with van der Waals surface area (Å²) in [5, 5.41) is 8.56. The van der Waals surface area contributed by atoms with Crippen LogP contribution >= 0.6 is 11.8 Å². The van der Waals surface area contributed by atoms with Crippen molar-refractivity contribution < 1.29 is 22.7 Å². The van der Waals surface area contributed by atoms with Crippen molar-refractivity contribution in [2.75, 3.05) is 6.26 Å². The highest BCUT2D eigenvalue weighted by atomic mass is 32.2. The minimum absolute atomic E-state index is 0.00276. The summed E-state index contributed by atoms with van der Waals surface area (Å²) in [5.74, 6) is -1.57. The molecule has 0 radical (unpaired) electrons. The van der Waals surface area contributed by atoms with Crippen molar-refractivity contribution in [1.29, 1.82) is 0 Å². The molecule has 7 heteroatoms. The number of carbonyl (C=O) groups is 1. The summed E-state index contributed by atoms with van der Waals surface area (Å²) in [5.41, 5.74) is 0.0365. The van der Waals surface area contributed by atoms with Crippen LogP contribution in [0.15, 0.2) is 23.1 Å². The average Bonchev–Trinajstić information content (AvgIpc) is 2.40. The van der Waals surface area contributed by atoms with Crippen LogP contribution in [0.4, 0.5) is 4.39 Å². The quantitative estimate of drug-likeness (QED) is 0.918. The Morgan fingerprint density at radius 1 is 1.38 bits per heavy atom. The van der Waals surface area contributed by atoms with Gasteiger partial charge in [-0.1, -0.05) is 6.42 Å². The second-order valence-corrected chi connectivity index (χ2v) is 8.98. The molecule has 0 bridgehead atoms. The number of hydrogen-bond acceptors (Lipinski definition) is 4. The lowest BCUT2D eigenvalue weighted by Gasteiger charge is -2.27. The molecule has 1 aromatic carbocycles. The second kappa shape index (κ2) is 6.36. The number of carboxylic acids is 1. The van der Waals surface area contributed by atoms with E-state index in [1.54, 1.807) is 0 Å². The summed E-state index contributed by atoms with van der Waals surface area (Å²) in [6, 6.07) is 3.68. The molecule has 1 N–H and O–H groups in total. The fourth-order valence-electron chi connectivity index (χ4n) is 2.50. The number of hydrogen-bond donors (Lipinski definition) is 1. The number of benzene rings is 1. The molecule has 0 heterocycles. The summed E-state index contributed by atoms with van der Waals surface area (Å²) in [6.45, 7) is 0. The minimum Gasteiger partial charge on any atom is -0.478 e. The molecular weight excluding hydrogens is 315 g/mol. The lowest BCUT2D eigenvalue weighted by atomic mass is 10.00. The highest BCUT2D eigenvalue weighted by Crippen LogP contribution is 2.37. The van der Waals surface area contributed by atoms with Gasteiger partial charge >= 0.3 is 5.97 Å². The lowest BCUT2D eigenvalue weighted by molar-refractivity contribution is 0.0696. The van der Waals surface area contributed by atoms with Gasteiger partial charge in [0.05, 0.1) is 10.8 Å². The molecular formula is C14H17FO4S2. The van der Waals surface area contributed by atoms with E-state index in [0.717, 1.165) is 18.9 Å². The van der Waals surface area contributed by atoms with Crippen LogP contribution in [0.3, 0.4) is 0 Å².